The molecular weight excluding hydrogens is 458 g/mol. The van der Waals surface area contributed by atoms with Gasteiger partial charge < -0.3 is 19.1 Å². The Labute approximate surface area is 144 Å². The van der Waals surface area contributed by atoms with Crippen molar-refractivity contribution in [2.45, 2.75) is 12.5 Å². The Morgan fingerprint density at radius 1 is 1.25 bits per heavy atom. The van der Waals surface area contributed by atoms with Crippen molar-refractivity contribution in [3.8, 4) is 5.75 Å². The van der Waals surface area contributed by atoms with Gasteiger partial charge in [-0.2, -0.15) is 0 Å². The molecule has 0 aliphatic heterocycles. The summed E-state index contributed by atoms with van der Waals surface area (Å²) in [5, 5.41) is 11.2. The zero-order chi connectivity index (χ0) is 15.5. The van der Waals surface area contributed by atoms with Gasteiger partial charge in [-0.1, -0.05) is 15.9 Å². The number of likely N-dealkylation sites (N-methyl/N-ethyl adjacent to an activating group) is 1. The molecule has 0 amide bonds. The zero-order valence-electron chi connectivity index (χ0n) is 11.5. The van der Waals surface area contributed by atoms with Crippen LogP contribution in [0.25, 0.3) is 0 Å². The molecule has 0 saturated heterocycles. The molecular formula is C13H16Br3NO3. The maximum absolute atomic E-state index is 11.2. The number of quaternary nitrogens is 1. The van der Waals surface area contributed by atoms with E-state index in [9.17, 15) is 9.90 Å². The summed E-state index contributed by atoms with van der Waals surface area (Å²) < 4.78 is 8.50. The molecule has 0 bridgehead atoms. The van der Waals surface area contributed by atoms with Crippen LogP contribution in [0.5, 0.6) is 5.75 Å². The van der Waals surface area contributed by atoms with E-state index < -0.39 is 12.0 Å². The van der Waals surface area contributed by atoms with Crippen LogP contribution in [0.1, 0.15) is 6.42 Å². The molecule has 0 radical (unpaired) electrons. The number of nitrogens with zero attached hydrogens (tertiary/aromatic N) is 1. The number of hydrogen-bond donors (Lipinski definition) is 0. The van der Waals surface area contributed by atoms with Crippen LogP contribution in [0.4, 0.5) is 0 Å². The van der Waals surface area contributed by atoms with Gasteiger partial charge >= 0.3 is 0 Å². The summed E-state index contributed by atoms with van der Waals surface area (Å²) >= 11 is 10.2. The molecule has 112 valence electrons. The Kier molecular flexibility index (Phi) is 6.50. The number of carbonyl (C=O) groups excluding carboxylic acids is 1. The standard InChI is InChI=1S/C13H16Br3NO3/c1-17(2,3)11(13(18)19)4-5-20-12-9(15)6-8(14)7-10(12)16/h6-7,11H,4-5H2,1-3H3/t11-/m1/s1. The van der Waals surface area contributed by atoms with Gasteiger partial charge in [-0.15, -0.1) is 0 Å². The lowest BCUT2D eigenvalue weighted by Gasteiger charge is -2.34. The summed E-state index contributed by atoms with van der Waals surface area (Å²) in [7, 11) is 5.48. The van der Waals surface area contributed by atoms with Crippen LogP contribution in [0.2, 0.25) is 0 Å². The van der Waals surface area contributed by atoms with Gasteiger partial charge in [0.1, 0.15) is 11.8 Å². The van der Waals surface area contributed by atoms with E-state index in [0.717, 1.165) is 13.4 Å². The molecule has 20 heavy (non-hydrogen) atoms. The van der Waals surface area contributed by atoms with E-state index in [1.165, 1.54) is 0 Å². The average Bonchev–Trinajstić information content (AvgIpc) is 2.24. The predicted molar refractivity (Wildman–Crippen MR) is 86.5 cm³/mol. The van der Waals surface area contributed by atoms with E-state index in [4.69, 9.17) is 4.74 Å². The first-order chi connectivity index (χ1) is 9.12. The molecule has 1 aromatic rings. The lowest BCUT2D eigenvalue weighted by molar-refractivity contribution is -0.889. The maximum atomic E-state index is 11.2. The second-order valence-electron chi connectivity index (χ2n) is 5.29. The van der Waals surface area contributed by atoms with Crippen molar-refractivity contribution >= 4 is 53.8 Å². The van der Waals surface area contributed by atoms with Gasteiger partial charge in [-0.05, 0) is 44.0 Å². The summed E-state index contributed by atoms with van der Waals surface area (Å²) in [4.78, 5) is 11.2. The van der Waals surface area contributed by atoms with Crippen molar-refractivity contribution in [1.82, 2.24) is 0 Å². The Hall–Kier alpha value is -0.110. The van der Waals surface area contributed by atoms with Gasteiger partial charge in [0.05, 0.1) is 42.7 Å². The van der Waals surface area contributed by atoms with Crippen molar-refractivity contribution in [2.75, 3.05) is 27.7 Å². The molecule has 0 spiro atoms. The topological polar surface area (TPSA) is 49.4 Å². The number of aliphatic carboxylic acids is 1. The maximum Gasteiger partial charge on any atom is 0.147 e. The lowest BCUT2D eigenvalue weighted by atomic mass is 10.1. The lowest BCUT2D eigenvalue weighted by Crippen LogP contribution is -2.55. The SMILES string of the molecule is C[N+](C)(C)[C@H](CCOc1c(Br)cc(Br)cc1Br)C(=O)[O-]. The fraction of sp³-hybridized carbons (Fsp3) is 0.462. The molecule has 0 N–H and O–H groups in total. The third-order valence-electron chi connectivity index (χ3n) is 2.81. The highest BCUT2D eigenvalue weighted by molar-refractivity contribution is 9.11. The Morgan fingerprint density at radius 3 is 2.15 bits per heavy atom. The minimum Gasteiger partial charge on any atom is -0.544 e. The number of ether oxygens (including phenoxy) is 1. The number of carboxylic acids is 1. The third-order valence-corrected chi connectivity index (χ3v) is 4.44. The normalized spacial score (nSPS) is 13.1. The Bertz CT molecular complexity index is 477. The second kappa shape index (κ2) is 7.24. The van der Waals surface area contributed by atoms with Crippen molar-refractivity contribution < 1.29 is 19.1 Å². The molecule has 4 nitrogen and oxygen atoms in total. The Balaban J connectivity index is 2.71. The van der Waals surface area contributed by atoms with Crippen molar-refractivity contribution in [1.29, 1.82) is 0 Å². The number of rotatable bonds is 6. The minimum absolute atomic E-state index is 0.299. The van der Waals surface area contributed by atoms with Crippen molar-refractivity contribution in [2.24, 2.45) is 0 Å². The van der Waals surface area contributed by atoms with Crippen LogP contribution in [-0.4, -0.2) is 44.2 Å². The van der Waals surface area contributed by atoms with Gasteiger partial charge in [0.25, 0.3) is 0 Å². The number of carboxylic acid groups (broad SMARTS) is 1. The number of hydrogen-bond acceptors (Lipinski definition) is 3. The van der Waals surface area contributed by atoms with Crippen LogP contribution >= 0.6 is 47.8 Å². The van der Waals surface area contributed by atoms with Crippen LogP contribution in [0.15, 0.2) is 25.6 Å². The van der Waals surface area contributed by atoms with E-state index in [0.29, 0.717) is 23.3 Å². The summed E-state index contributed by atoms with van der Waals surface area (Å²) in [5.41, 5.74) is 0. The van der Waals surface area contributed by atoms with Crippen LogP contribution in [-0.2, 0) is 4.79 Å². The predicted octanol–water partition coefficient (Wildman–Crippen LogP) is 2.57. The molecule has 0 heterocycles. The zero-order valence-corrected chi connectivity index (χ0v) is 16.2. The van der Waals surface area contributed by atoms with E-state index in [1.54, 1.807) is 0 Å². The van der Waals surface area contributed by atoms with Crippen molar-refractivity contribution in [3.63, 3.8) is 0 Å². The molecule has 1 atom stereocenters. The molecule has 0 aliphatic carbocycles. The number of benzene rings is 1. The molecule has 0 fully saturated rings. The molecule has 0 saturated carbocycles. The van der Waals surface area contributed by atoms with Crippen LogP contribution in [0.3, 0.4) is 0 Å². The van der Waals surface area contributed by atoms with Crippen LogP contribution in [0, 0.1) is 0 Å². The van der Waals surface area contributed by atoms with Gasteiger partial charge in [0, 0.05) is 10.9 Å². The quantitative estimate of drug-likeness (QED) is 0.597. The van der Waals surface area contributed by atoms with Gasteiger partial charge in [0.2, 0.25) is 0 Å². The average molecular weight is 474 g/mol. The molecule has 7 heteroatoms. The fourth-order valence-electron chi connectivity index (χ4n) is 1.76. The second-order valence-corrected chi connectivity index (χ2v) is 7.91. The van der Waals surface area contributed by atoms with Crippen LogP contribution < -0.4 is 9.84 Å². The molecule has 1 rings (SSSR count). The summed E-state index contributed by atoms with van der Waals surface area (Å²) in [6, 6.07) is 3.13. The summed E-state index contributed by atoms with van der Waals surface area (Å²) in [5.74, 6) is -0.401. The third kappa shape index (κ3) is 5.02. The molecule has 0 aliphatic rings. The highest BCUT2D eigenvalue weighted by atomic mass is 79.9. The van der Waals surface area contributed by atoms with Crippen molar-refractivity contribution in [3.05, 3.63) is 25.6 Å². The van der Waals surface area contributed by atoms with Gasteiger partial charge in [0.15, 0.2) is 0 Å². The summed E-state index contributed by atoms with van der Waals surface area (Å²) in [6.45, 7) is 0.299. The van der Waals surface area contributed by atoms with E-state index in [2.05, 4.69) is 47.8 Å². The highest BCUT2D eigenvalue weighted by Crippen LogP contribution is 2.36. The molecule has 0 unspecified atom stereocenters. The van der Waals surface area contributed by atoms with E-state index in [1.807, 2.05) is 33.3 Å². The first-order valence-corrected chi connectivity index (χ1v) is 8.30. The van der Waals surface area contributed by atoms with Gasteiger partial charge in [-0.3, -0.25) is 0 Å². The monoisotopic (exact) mass is 471 g/mol. The molecule has 0 aromatic heterocycles. The first-order valence-electron chi connectivity index (χ1n) is 5.92. The first kappa shape index (κ1) is 17.9. The van der Waals surface area contributed by atoms with Gasteiger partial charge in [-0.25, -0.2) is 0 Å². The highest BCUT2D eigenvalue weighted by Gasteiger charge is 2.25. The Morgan fingerprint density at radius 2 is 1.75 bits per heavy atom. The number of carbonyl (C=O) groups is 1. The number of halogens is 3. The largest absolute Gasteiger partial charge is 0.544 e. The van der Waals surface area contributed by atoms with E-state index >= 15 is 0 Å². The summed E-state index contributed by atoms with van der Waals surface area (Å²) in [6.07, 6.45) is 0.376. The van der Waals surface area contributed by atoms with E-state index in [-0.39, 0.29) is 0 Å². The molecule has 1 aromatic carbocycles. The smallest absolute Gasteiger partial charge is 0.147 e. The fourth-order valence-corrected chi connectivity index (χ4v) is 4.25. The minimum atomic E-state index is -1.06.